The third-order valence-corrected chi connectivity index (χ3v) is 2.65. The van der Waals surface area contributed by atoms with Gasteiger partial charge in [-0.05, 0) is 24.3 Å². The van der Waals surface area contributed by atoms with Gasteiger partial charge in [0, 0.05) is 18.9 Å². The van der Waals surface area contributed by atoms with E-state index in [2.05, 4.69) is 4.98 Å². The molecule has 3 nitrogen and oxygen atoms in total. The Morgan fingerprint density at radius 3 is 2.47 bits per heavy atom. The Bertz CT molecular complexity index is 511. The Morgan fingerprint density at radius 2 is 1.88 bits per heavy atom. The van der Waals surface area contributed by atoms with E-state index in [1.165, 1.54) is 6.20 Å². The second-order valence-corrected chi connectivity index (χ2v) is 3.96. The van der Waals surface area contributed by atoms with Crippen LogP contribution in [-0.2, 0) is 0 Å². The minimum Gasteiger partial charge on any atom is -0.311 e. The summed E-state index contributed by atoms with van der Waals surface area (Å²) in [4.78, 5) is 17.6. The highest BCUT2D eigenvalue weighted by Gasteiger charge is 2.13. The van der Waals surface area contributed by atoms with Crippen LogP contribution in [0.15, 0.2) is 48.7 Å². The largest absolute Gasteiger partial charge is 0.311 e. The van der Waals surface area contributed by atoms with Crippen LogP contribution < -0.4 is 4.90 Å². The quantitative estimate of drug-likeness (QED) is 0.764. The van der Waals surface area contributed by atoms with Gasteiger partial charge in [-0.2, -0.15) is 0 Å². The van der Waals surface area contributed by atoms with E-state index in [4.69, 9.17) is 11.6 Å². The molecule has 0 bridgehead atoms. The van der Waals surface area contributed by atoms with Crippen LogP contribution in [0.3, 0.4) is 0 Å². The Kier molecular flexibility index (Phi) is 3.40. The number of nitrogens with zero attached hydrogens (tertiary/aromatic N) is 2. The van der Waals surface area contributed by atoms with E-state index in [-0.39, 0.29) is 5.91 Å². The summed E-state index contributed by atoms with van der Waals surface area (Å²) in [5.41, 5.74) is 1.35. The molecule has 1 amide bonds. The number of hydrogen-bond donors (Lipinski definition) is 0. The number of pyridine rings is 1. The fraction of sp³-hybridized carbons (Fsp3) is 0.0769. The summed E-state index contributed by atoms with van der Waals surface area (Å²) in [6, 6.07) is 12.7. The topological polar surface area (TPSA) is 33.2 Å². The molecular formula is C13H11ClN2O. The van der Waals surface area contributed by atoms with Crippen molar-refractivity contribution in [3.8, 4) is 0 Å². The molecule has 86 valence electrons. The molecule has 2 aromatic rings. The average Bonchev–Trinajstić information content (AvgIpc) is 2.39. The minimum atomic E-state index is -0.111. The van der Waals surface area contributed by atoms with Gasteiger partial charge in [-0.15, -0.1) is 0 Å². The lowest BCUT2D eigenvalue weighted by Gasteiger charge is -2.16. The zero-order chi connectivity index (χ0) is 12.3. The zero-order valence-electron chi connectivity index (χ0n) is 9.30. The van der Waals surface area contributed by atoms with Gasteiger partial charge in [0.2, 0.25) is 0 Å². The van der Waals surface area contributed by atoms with Crippen molar-refractivity contribution in [1.82, 2.24) is 4.98 Å². The first-order chi connectivity index (χ1) is 8.18. The van der Waals surface area contributed by atoms with Gasteiger partial charge in [0.15, 0.2) is 0 Å². The van der Waals surface area contributed by atoms with Gasteiger partial charge in [0.1, 0.15) is 5.15 Å². The van der Waals surface area contributed by atoms with Crippen molar-refractivity contribution >= 4 is 23.2 Å². The molecule has 0 aliphatic carbocycles. The number of rotatable bonds is 2. The molecule has 0 fully saturated rings. The lowest BCUT2D eigenvalue weighted by molar-refractivity contribution is 0.0992. The lowest BCUT2D eigenvalue weighted by atomic mass is 10.2. The maximum absolute atomic E-state index is 12.1. The molecule has 0 atom stereocenters. The summed E-state index contributed by atoms with van der Waals surface area (Å²) in [6.07, 6.45) is 1.48. The molecule has 17 heavy (non-hydrogen) atoms. The number of anilines is 1. The summed E-state index contributed by atoms with van der Waals surface area (Å²) >= 11 is 5.68. The Balaban J connectivity index is 2.23. The first-order valence-corrected chi connectivity index (χ1v) is 5.51. The third kappa shape index (κ3) is 2.63. The van der Waals surface area contributed by atoms with E-state index in [0.717, 1.165) is 5.69 Å². The van der Waals surface area contributed by atoms with E-state index in [1.54, 1.807) is 24.1 Å². The smallest absolute Gasteiger partial charge is 0.259 e. The Hall–Kier alpha value is -1.87. The summed E-state index contributed by atoms with van der Waals surface area (Å²) in [5.74, 6) is -0.111. The molecule has 0 aliphatic rings. The van der Waals surface area contributed by atoms with Crippen LogP contribution in [0, 0.1) is 0 Å². The average molecular weight is 247 g/mol. The molecule has 0 radical (unpaired) electrons. The molecule has 0 aliphatic heterocycles. The number of carbonyl (C=O) groups excluding carboxylic acids is 1. The predicted octanol–water partition coefficient (Wildman–Crippen LogP) is 3.01. The normalized spacial score (nSPS) is 10.0. The van der Waals surface area contributed by atoms with E-state index in [9.17, 15) is 4.79 Å². The highest BCUT2D eigenvalue weighted by Crippen LogP contribution is 2.15. The number of para-hydroxylation sites is 1. The fourth-order valence-corrected chi connectivity index (χ4v) is 1.58. The first kappa shape index (κ1) is 11.6. The van der Waals surface area contributed by atoms with Crippen molar-refractivity contribution in [2.45, 2.75) is 0 Å². The first-order valence-electron chi connectivity index (χ1n) is 5.13. The van der Waals surface area contributed by atoms with Crippen molar-refractivity contribution in [2.75, 3.05) is 11.9 Å². The van der Waals surface area contributed by atoms with Crippen molar-refractivity contribution in [2.24, 2.45) is 0 Å². The third-order valence-electron chi connectivity index (χ3n) is 2.42. The van der Waals surface area contributed by atoms with Crippen LogP contribution in [0.5, 0.6) is 0 Å². The molecule has 1 heterocycles. The van der Waals surface area contributed by atoms with Crippen LogP contribution in [0.1, 0.15) is 10.4 Å². The number of carbonyl (C=O) groups is 1. The molecule has 0 N–H and O–H groups in total. The van der Waals surface area contributed by atoms with Crippen LogP contribution in [0.25, 0.3) is 0 Å². The molecule has 0 saturated heterocycles. The van der Waals surface area contributed by atoms with Crippen molar-refractivity contribution in [3.05, 3.63) is 59.4 Å². The Morgan fingerprint density at radius 1 is 1.18 bits per heavy atom. The van der Waals surface area contributed by atoms with Crippen LogP contribution in [0.4, 0.5) is 5.69 Å². The number of hydrogen-bond acceptors (Lipinski definition) is 2. The van der Waals surface area contributed by atoms with Crippen molar-refractivity contribution in [3.63, 3.8) is 0 Å². The summed E-state index contributed by atoms with van der Waals surface area (Å²) in [7, 11) is 1.73. The SMILES string of the molecule is CN(C(=O)c1ccc(Cl)nc1)c1ccccc1. The van der Waals surface area contributed by atoms with Gasteiger partial charge in [0.05, 0.1) is 5.56 Å². The van der Waals surface area contributed by atoms with Gasteiger partial charge in [-0.25, -0.2) is 4.98 Å². The molecule has 0 unspecified atom stereocenters. The van der Waals surface area contributed by atoms with E-state index >= 15 is 0 Å². The monoisotopic (exact) mass is 246 g/mol. The van der Waals surface area contributed by atoms with Crippen LogP contribution in [-0.4, -0.2) is 17.9 Å². The fourth-order valence-electron chi connectivity index (χ4n) is 1.46. The second kappa shape index (κ2) is 4.97. The van der Waals surface area contributed by atoms with Gasteiger partial charge in [-0.1, -0.05) is 29.8 Å². The van der Waals surface area contributed by atoms with E-state index in [0.29, 0.717) is 10.7 Å². The van der Waals surface area contributed by atoms with Crippen molar-refractivity contribution < 1.29 is 4.79 Å². The summed E-state index contributed by atoms with van der Waals surface area (Å²) in [5, 5.41) is 0.379. The number of aromatic nitrogens is 1. The van der Waals surface area contributed by atoms with Gasteiger partial charge >= 0.3 is 0 Å². The van der Waals surface area contributed by atoms with Crippen LogP contribution in [0.2, 0.25) is 5.15 Å². The molecule has 4 heteroatoms. The van der Waals surface area contributed by atoms with Crippen LogP contribution >= 0.6 is 11.6 Å². The molecular weight excluding hydrogens is 236 g/mol. The zero-order valence-corrected chi connectivity index (χ0v) is 10.1. The highest BCUT2D eigenvalue weighted by atomic mass is 35.5. The highest BCUT2D eigenvalue weighted by molar-refractivity contribution is 6.29. The number of amides is 1. The molecule has 0 spiro atoms. The van der Waals surface area contributed by atoms with E-state index in [1.807, 2.05) is 30.3 Å². The lowest BCUT2D eigenvalue weighted by Crippen LogP contribution is -2.26. The molecule has 2 rings (SSSR count). The molecule has 0 saturated carbocycles. The minimum absolute atomic E-state index is 0.111. The molecule has 1 aromatic heterocycles. The van der Waals surface area contributed by atoms with E-state index < -0.39 is 0 Å². The second-order valence-electron chi connectivity index (χ2n) is 3.57. The maximum Gasteiger partial charge on any atom is 0.259 e. The van der Waals surface area contributed by atoms with Gasteiger partial charge in [0.25, 0.3) is 5.91 Å². The summed E-state index contributed by atoms with van der Waals surface area (Å²) < 4.78 is 0. The molecule has 1 aromatic carbocycles. The number of benzene rings is 1. The Labute approximate surface area is 105 Å². The number of halogens is 1. The summed E-state index contributed by atoms with van der Waals surface area (Å²) in [6.45, 7) is 0. The van der Waals surface area contributed by atoms with Gasteiger partial charge in [-0.3, -0.25) is 4.79 Å². The van der Waals surface area contributed by atoms with Gasteiger partial charge < -0.3 is 4.90 Å². The van der Waals surface area contributed by atoms with Crippen molar-refractivity contribution in [1.29, 1.82) is 0 Å². The standard InChI is InChI=1S/C13H11ClN2O/c1-16(11-5-3-2-4-6-11)13(17)10-7-8-12(14)15-9-10/h2-9H,1H3. The predicted molar refractivity (Wildman–Crippen MR) is 68.4 cm³/mol. The maximum atomic E-state index is 12.1.